The third kappa shape index (κ3) is 4.71. The molecular formula is C22H27ClN2O3. The van der Waals surface area contributed by atoms with E-state index in [2.05, 4.69) is 11.8 Å². The molecule has 0 aromatic heterocycles. The number of amides is 1. The molecule has 5 nitrogen and oxygen atoms in total. The van der Waals surface area contributed by atoms with Gasteiger partial charge in [-0.25, -0.2) is 0 Å². The van der Waals surface area contributed by atoms with Crippen LogP contribution in [0.15, 0.2) is 42.5 Å². The first-order chi connectivity index (χ1) is 13.5. The molecule has 150 valence electrons. The number of rotatable bonds is 6. The average Bonchev–Trinajstić information content (AvgIpc) is 2.73. The summed E-state index contributed by atoms with van der Waals surface area (Å²) in [5.74, 6) is 1.39. The number of hydrogen-bond acceptors (Lipinski definition) is 4. The lowest BCUT2D eigenvalue weighted by Gasteiger charge is -2.38. The molecule has 1 amide bonds. The van der Waals surface area contributed by atoms with E-state index in [0.717, 1.165) is 23.8 Å². The van der Waals surface area contributed by atoms with Crippen LogP contribution in [0.25, 0.3) is 0 Å². The van der Waals surface area contributed by atoms with Crippen molar-refractivity contribution in [2.75, 3.05) is 38.2 Å². The molecule has 2 aromatic carbocycles. The van der Waals surface area contributed by atoms with Crippen molar-refractivity contribution >= 4 is 23.2 Å². The molecule has 1 aliphatic rings. The topological polar surface area (TPSA) is 42.0 Å². The Bertz CT molecular complexity index is 819. The lowest BCUT2D eigenvalue weighted by molar-refractivity contribution is -0.139. The van der Waals surface area contributed by atoms with Gasteiger partial charge in [0.15, 0.2) is 6.10 Å². The molecule has 0 unspecified atom stereocenters. The van der Waals surface area contributed by atoms with Crippen LogP contribution in [-0.4, -0.2) is 50.2 Å². The molecule has 0 spiro atoms. The summed E-state index contributed by atoms with van der Waals surface area (Å²) in [6.45, 7) is 6.95. The number of piperazine rings is 1. The molecule has 0 N–H and O–H groups in total. The molecule has 1 saturated heterocycles. The van der Waals surface area contributed by atoms with Crippen LogP contribution >= 0.6 is 11.6 Å². The van der Waals surface area contributed by atoms with Crippen molar-refractivity contribution in [3.8, 4) is 11.5 Å². The molecular weight excluding hydrogens is 376 g/mol. The highest BCUT2D eigenvalue weighted by molar-refractivity contribution is 6.30. The summed E-state index contributed by atoms with van der Waals surface area (Å²) in [6.07, 6.45) is 0.121. The summed E-state index contributed by atoms with van der Waals surface area (Å²) in [4.78, 5) is 17.2. The van der Waals surface area contributed by atoms with E-state index in [1.807, 2.05) is 48.2 Å². The first-order valence-corrected chi connectivity index (χ1v) is 10.00. The van der Waals surface area contributed by atoms with Crippen molar-refractivity contribution in [2.45, 2.75) is 26.4 Å². The first kappa shape index (κ1) is 20.3. The maximum Gasteiger partial charge on any atom is 0.263 e. The molecule has 0 bridgehead atoms. The van der Waals surface area contributed by atoms with E-state index in [1.54, 1.807) is 13.2 Å². The van der Waals surface area contributed by atoms with Crippen LogP contribution in [0.3, 0.4) is 0 Å². The number of carbonyl (C=O) groups is 1. The third-order valence-corrected chi connectivity index (χ3v) is 5.30. The van der Waals surface area contributed by atoms with Gasteiger partial charge in [-0.2, -0.15) is 0 Å². The molecule has 0 saturated carbocycles. The first-order valence-electron chi connectivity index (χ1n) is 9.62. The molecule has 3 rings (SSSR count). The fourth-order valence-corrected chi connectivity index (χ4v) is 3.61. The fraction of sp³-hybridized carbons (Fsp3) is 0.409. The van der Waals surface area contributed by atoms with E-state index in [9.17, 15) is 4.79 Å². The minimum absolute atomic E-state index is 0.0350. The number of halogens is 1. The van der Waals surface area contributed by atoms with E-state index in [-0.39, 0.29) is 5.91 Å². The zero-order valence-electron chi connectivity index (χ0n) is 16.7. The third-order valence-electron chi connectivity index (χ3n) is 5.07. The van der Waals surface area contributed by atoms with Crippen molar-refractivity contribution in [2.24, 2.45) is 0 Å². The molecule has 28 heavy (non-hydrogen) atoms. The van der Waals surface area contributed by atoms with Crippen molar-refractivity contribution in [1.82, 2.24) is 4.90 Å². The van der Waals surface area contributed by atoms with Gasteiger partial charge in [-0.05, 0) is 43.2 Å². The number of ether oxygens (including phenoxy) is 2. The largest absolute Gasteiger partial charge is 0.497 e. The lowest BCUT2D eigenvalue weighted by atomic mass is 10.1. The van der Waals surface area contributed by atoms with Crippen LogP contribution < -0.4 is 14.4 Å². The van der Waals surface area contributed by atoms with Gasteiger partial charge in [-0.15, -0.1) is 0 Å². The summed E-state index contributed by atoms with van der Waals surface area (Å²) in [5, 5.41) is 0.733. The predicted molar refractivity (Wildman–Crippen MR) is 113 cm³/mol. The monoisotopic (exact) mass is 402 g/mol. The SMILES string of the molecule is CC[C@H](Oc1cccc(OC)c1)C(=O)N1CCN(c2cc(Cl)ccc2C)CC1. The highest BCUT2D eigenvalue weighted by Gasteiger charge is 2.28. The zero-order chi connectivity index (χ0) is 20.1. The zero-order valence-corrected chi connectivity index (χ0v) is 17.4. The maximum absolute atomic E-state index is 13.0. The van der Waals surface area contributed by atoms with Gasteiger partial charge >= 0.3 is 0 Å². The van der Waals surface area contributed by atoms with Crippen LogP contribution in [0.1, 0.15) is 18.9 Å². The van der Waals surface area contributed by atoms with E-state index in [0.29, 0.717) is 31.0 Å². The normalized spacial score (nSPS) is 15.3. The molecule has 1 heterocycles. The molecule has 0 aliphatic carbocycles. The summed E-state index contributed by atoms with van der Waals surface area (Å²) in [6, 6.07) is 13.3. The van der Waals surface area contributed by atoms with Crippen molar-refractivity contribution in [3.05, 3.63) is 53.1 Å². The van der Waals surface area contributed by atoms with Gasteiger partial charge in [0, 0.05) is 43.0 Å². The van der Waals surface area contributed by atoms with Crippen LogP contribution in [0.2, 0.25) is 5.02 Å². The Labute approximate surface area is 171 Å². The van der Waals surface area contributed by atoms with Gasteiger partial charge in [0.05, 0.1) is 7.11 Å². The number of nitrogens with zero attached hydrogens (tertiary/aromatic N) is 2. The van der Waals surface area contributed by atoms with E-state index >= 15 is 0 Å². The van der Waals surface area contributed by atoms with E-state index in [1.165, 1.54) is 5.56 Å². The Kier molecular flexibility index (Phi) is 6.68. The average molecular weight is 403 g/mol. The maximum atomic E-state index is 13.0. The van der Waals surface area contributed by atoms with E-state index < -0.39 is 6.10 Å². The Morgan fingerprint density at radius 3 is 2.50 bits per heavy atom. The Morgan fingerprint density at radius 2 is 1.82 bits per heavy atom. The van der Waals surface area contributed by atoms with Crippen molar-refractivity contribution < 1.29 is 14.3 Å². The number of benzene rings is 2. The van der Waals surface area contributed by atoms with Gasteiger partial charge in [0.1, 0.15) is 11.5 Å². The standard InChI is InChI=1S/C22H27ClN2O3/c1-4-21(28-19-7-5-6-18(15-19)27-3)22(26)25-12-10-24(11-13-25)20-14-17(23)9-8-16(20)2/h5-9,14-15,21H,4,10-13H2,1-3H3/t21-/m0/s1. The minimum atomic E-state index is -0.494. The molecule has 1 fully saturated rings. The Morgan fingerprint density at radius 1 is 1.11 bits per heavy atom. The Balaban J connectivity index is 1.62. The van der Waals surface area contributed by atoms with Crippen molar-refractivity contribution in [1.29, 1.82) is 0 Å². The minimum Gasteiger partial charge on any atom is -0.497 e. The summed E-state index contributed by atoms with van der Waals surface area (Å²) in [7, 11) is 1.61. The van der Waals surface area contributed by atoms with Crippen LogP contribution in [0.5, 0.6) is 11.5 Å². The molecule has 0 radical (unpaired) electrons. The van der Waals surface area contributed by atoms with Gasteiger partial charge < -0.3 is 19.3 Å². The number of carbonyl (C=O) groups excluding carboxylic acids is 1. The van der Waals surface area contributed by atoms with E-state index in [4.69, 9.17) is 21.1 Å². The van der Waals surface area contributed by atoms with Crippen LogP contribution in [0.4, 0.5) is 5.69 Å². The molecule has 1 aliphatic heterocycles. The molecule has 1 atom stereocenters. The van der Waals surface area contributed by atoms with Gasteiger partial charge in [-0.1, -0.05) is 30.7 Å². The second kappa shape index (κ2) is 9.20. The number of aryl methyl sites for hydroxylation is 1. The van der Waals surface area contributed by atoms with Crippen molar-refractivity contribution in [3.63, 3.8) is 0 Å². The highest BCUT2D eigenvalue weighted by atomic mass is 35.5. The number of hydrogen-bond donors (Lipinski definition) is 0. The summed E-state index contributed by atoms with van der Waals surface area (Å²) < 4.78 is 11.2. The number of methoxy groups -OCH3 is 1. The number of anilines is 1. The summed E-state index contributed by atoms with van der Waals surface area (Å²) in [5.41, 5.74) is 2.33. The second-order valence-electron chi connectivity index (χ2n) is 6.94. The lowest BCUT2D eigenvalue weighted by Crippen LogP contribution is -2.52. The Hall–Kier alpha value is -2.40. The van der Waals surface area contributed by atoms with Gasteiger partial charge in [-0.3, -0.25) is 4.79 Å². The highest BCUT2D eigenvalue weighted by Crippen LogP contribution is 2.26. The van der Waals surface area contributed by atoms with Gasteiger partial charge in [0.25, 0.3) is 5.91 Å². The van der Waals surface area contributed by atoms with Gasteiger partial charge in [0.2, 0.25) is 0 Å². The fourth-order valence-electron chi connectivity index (χ4n) is 3.44. The summed E-state index contributed by atoms with van der Waals surface area (Å²) >= 11 is 6.16. The van der Waals surface area contributed by atoms with Crippen LogP contribution in [-0.2, 0) is 4.79 Å². The molecule has 2 aromatic rings. The van der Waals surface area contributed by atoms with Crippen LogP contribution in [0, 0.1) is 6.92 Å². The smallest absolute Gasteiger partial charge is 0.263 e. The predicted octanol–water partition coefficient (Wildman–Crippen LogP) is 4.16. The quantitative estimate of drug-likeness (QED) is 0.727. The molecule has 6 heteroatoms. The second-order valence-corrected chi connectivity index (χ2v) is 7.37.